The number of benzene rings is 1. The molecule has 6 heteroatoms. The van der Waals surface area contributed by atoms with Crippen LogP contribution in [0.25, 0.3) is 0 Å². The molecule has 0 radical (unpaired) electrons. The summed E-state index contributed by atoms with van der Waals surface area (Å²) in [5.41, 5.74) is 0.490. The fraction of sp³-hybridized carbons (Fsp3) is 0.667. The molecule has 2 unspecified atom stereocenters. The van der Waals surface area contributed by atoms with Crippen LogP contribution in [-0.4, -0.2) is 48.1 Å². The van der Waals surface area contributed by atoms with Crippen LogP contribution >= 0.6 is 0 Å². The molecule has 3 N–H and O–H groups in total. The number of aliphatic hydroxyl groups excluding tert-OH is 2. The zero-order chi connectivity index (χ0) is 18.2. The maximum Gasteiger partial charge on any atom is 0.214 e. The van der Waals surface area contributed by atoms with Gasteiger partial charge in [0, 0.05) is 6.04 Å². The van der Waals surface area contributed by atoms with Crippen molar-refractivity contribution in [3.8, 4) is 11.5 Å². The van der Waals surface area contributed by atoms with Gasteiger partial charge in [0.05, 0.1) is 25.4 Å². The van der Waals surface area contributed by atoms with E-state index in [0.717, 1.165) is 5.56 Å². The highest BCUT2D eigenvalue weighted by atomic mass is 16.6. The second-order valence-electron chi connectivity index (χ2n) is 6.48. The molecule has 138 valence electrons. The highest BCUT2D eigenvalue weighted by Crippen LogP contribution is 2.29. The number of hydrogen-bond acceptors (Lipinski definition) is 6. The summed E-state index contributed by atoms with van der Waals surface area (Å²) in [7, 11) is 0. The molecule has 0 saturated heterocycles. The molecule has 0 saturated carbocycles. The van der Waals surface area contributed by atoms with Crippen LogP contribution in [0.15, 0.2) is 18.2 Å². The van der Waals surface area contributed by atoms with Crippen molar-refractivity contribution < 1.29 is 24.4 Å². The standard InChI is InChI=1S/C18H31NO5/c1-6-22-15-9-8-13(11-16(15)23-7-2)10-14(12-20)19-17(21)24-18(3,4)5/h8-9,11,14,17,19-21H,6-7,10,12H2,1-5H3. The smallest absolute Gasteiger partial charge is 0.214 e. The molecule has 1 aromatic carbocycles. The van der Waals surface area contributed by atoms with Crippen LogP contribution in [0.3, 0.4) is 0 Å². The zero-order valence-corrected chi connectivity index (χ0v) is 15.3. The summed E-state index contributed by atoms with van der Waals surface area (Å²) >= 11 is 0. The molecule has 0 fully saturated rings. The molecule has 2 atom stereocenters. The third kappa shape index (κ3) is 7.49. The van der Waals surface area contributed by atoms with Gasteiger partial charge in [-0.25, -0.2) is 0 Å². The Kier molecular flexibility index (Phi) is 8.48. The van der Waals surface area contributed by atoms with Gasteiger partial charge in [0.2, 0.25) is 6.41 Å². The Labute approximate surface area is 144 Å². The predicted octanol–water partition coefficient (Wildman–Crippen LogP) is 2.07. The van der Waals surface area contributed by atoms with E-state index in [1.54, 1.807) is 0 Å². The highest BCUT2D eigenvalue weighted by Gasteiger charge is 2.20. The number of nitrogens with one attached hydrogen (secondary N) is 1. The van der Waals surface area contributed by atoms with E-state index >= 15 is 0 Å². The molecule has 0 bridgehead atoms. The van der Waals surface area contributed by atoms with Crippen molar-refractivity contribution in [2.45, 2.75) is 59.1 Å². The van der Waals surface area contributed by atoms with E-state index in [1.165, 1.54) is 0 Å². The fourth-order valence-corrected chi connectivity index (χ4v) is 2.25. The molecule has 6 nitrogen and oxygen atoms in total. The Hall–Kier alpha value is -1.34. The van der Waals surface area contributed by atoms with Crippen molar-refractivity contribution in [1.82, 2.24) is 5.32 Å². The number of rotatable bonds is 10. The summed E-state index contributed by atoms with van der Waals surface area (Å²) in [6, 6.07) is 5.35. The SMILES string of the molecule is CCOc1ccc(CC(CO)NC(O)OC(C)(C)C)cc1OCC. The van der Waals surface area contributed by atoms with Crippen LogP contribution in [0, 0.1) is 0 Å². The predicted molar refractivity (Wildman–Crippen MR) is 93.3 cm³/mol. The van der Waals surface area contributed by atoms with Gasteiger partial charge in [-0.2, -0.15) is 0 Å². The molecule has 0 aromatic heterocycles. The highest BCUT2D eigenvalue weighted by molar-refractivity contribution is 5.43. The van der Waals surface area contributed by atoms with Crippen LogP contribution in [-0.2, 0) is 11.2 Å². The molecular formula is C18H31NO5. The van der Waals surface area contributed by atoms with E-state index in [9.17, 15) is 10.2 Å². The lowest BCUT2D eigenvalue weighted by Gasteiger charge is -2.27. The largest absolute Gasteiger partial charge is 0.490 e. The molecular weight excluding hydrogens is 310 g/mol. The van der Waals surface area contributed by atoms with Gasteiger partial charge >= 0.3 is 0 Å². The topological polar surface area (TPSA) is 80.2 Å². The molecule has 24 heavy (non-hydrogen) atoms. The number of aliphatic hydroxyl groups is 2. The van der Waals surface area contributed by atoms with Crippen molar-refractivity contribution in [3.05, 3.63) is 23.8 Å². The Morgan fingerprint density at radius 3 is 2.25 bits per heavy atom. The van der Waals surface area contributed by atoms with Gasteiger partial charge in [-0.3, -0.25) is 5.32 Å². The minimum absolute atomic E-state index is 0.123. The average Bonchev–Trinajstić information content (AvgIpc) is 2.47. The monoisotopic (exact) mass is 341 g/mol. The molecule has 0 amide bonds. The molecule has 0 aliphatic carbocycles. The second-order valence-corrected chi connectivity index (χ2v) is 6.48. The van der Waals surface area contributed by atoms with Gasteiger partial charge in [-0.15, -0.1) is 0 Å². The lowest BCUT2D eigenvalue weighted by Crippen LogP contribution is -2.46. The lowest BCUT2D eigenvalue weighted by atomic mass is 10.1. The number of hydrogen-bond donors (Lipinski definition) is 3. The molecule has 0 spiro atoms. The van der Waals surface area contributed by atoms with Gasteiger partial charge in [0.15, 0.2) is 11.5 Å². The molecule has 0 heterocycles. The third-order valence-corrected chi connectivity index (χ3v) is 3.15. The van der Waals surface area contributed by atoms with Gasteiger partial charge in [-0.05, 0) is 58.7 Å². The normalized spacial score (nSPS) is 14.3. The van der Waals surface area contributed by atoms with Crippen molar-refractivity contribution in [1.29, 1.82) is 0 Å². The Bertz CT molecular complexity index is 487. The number of ether oxygens (including phenoxy) is 3. The summed E-state index contributed by atoms with van der Waals surface area (Å²) in [4.78, 5) is 0. The van der Waals surface area contributed by atoms with Gasteiger partial charge in [0.1, 0.15) is 0 Å². The second kappa shape index (κ2) is 9.84. The molecule has 0 aliphatic rings. The van der Waals surface area contributed by atoms with E-state index in [0.29, 0.717) is 31.1 Å². The first-order chi connectivity index (χ1) is 11.3. The van der Waals surface area contributed by atoms with E-state index in [-0.39, 0.29) is 12.6 Å². The van der Waals surface area contributed by atoms with Gasteiger partial charge in [0.25, 0.3) is 0 Å². The van der Waals surface area contributed by atoms with Crippen LogP contribution in [0.4, 0.5) is 0 Å². The zero-order valence-electron chi connectivity index (χ0n) is 15.3. The minimum atomic E-state index is -1.14. The summed E-state index contributed by atoms with van der Waals surface area (Å²) in [6.07, 6.45) is -0.621. The summed E-state index contributed by atoms with van der Waals surface area (Å²) in [5, 5.41) is 22.4. The Balaban J connectivity index is 2.75. The Morgan fingerprint density at radius 2 is 1.71 bits per heavy atom. The van der Waals surface area contributed by atoms with Crippen LogP contribution in [0.1, 0.15) is 40.2 Å². The summed E-state index contributed by atoms with van der Waals surface area (Å²) < 4.78 is 16.6. The van der Waals surface area contributed by atoms with E-state index in [1.807, 2.05) is 52.8 Å². The first-order valence-corrected chi connectivity index (χ1v) is 8.40. The van der Waals surface area contributed by atoms with Crippen LogP contribution < -0.4 is 14.8 Å². The van der Waals surface area contributed by atoms with Crippen molar-refractivity contribution in [3.63, 3.8) is 0 Å². The van der Waals surface area contributed by atoms with Crippen molar-refractivity contribution in [2.75, 3.05) is 19.8 Å². The lowest BCUT2D eigenvalue weighted by molar-refractivity contribution is -0.186. The van der Waals surface area contributed by atoms with Crippen LogP contribution in [0.2, 0.25) is 0 Å². The molecule has 1 rings (SSSR count). The first-order valence-electron chi connectivity index (χ1n) is 8.40. The fourth-order valence-electron chi connectivity index (χ4n) is 2.25. The van der Waals surface area contributed by atoms with E-state index in [2.05, 4.69) is 5.32 Å². The maximum atomic E-state index is 9.93. The molecule has 0 aliphatic heterocycles. The minimum Gasteiger partial charge on any atom is -0.490 e. The molecule has 1 aromatic rings. The van der Waals surface area contributed by atoms with Crippen LogP contribution in [0.5, 0.6) is 11.5 Å². The third-order valence-electron chi connectivity index (χ3n) is 3.15. The van der Waals surface area contributed by atoms with E-state index in [4.69, 9.17) is 14.2 Å². The van der Waals surface area contributed by atoms with E-state index < -0.39 is 12.0 Å². The van der Waals surface area contributed by atoms with Crippen molar-refractivity contribution in [2.24, 2.45) is 0 Å². The quantitative estimate of drug-likeness (QED) is 0.565. The van der Waals surface area contributed by atoms with Gasteiger partial charge in [-0.1, -0.05) is 6.07 Å². The average molecular weight is 341 g/mol. The Morgan fingerprint density at radius 1 is 1.08 bits per heavy atom. The maximum absolute atomic E-state index is 9.93. The summed E-state index contributed by atoms with van der Waals surface area (Å²) in [5.74, 6) is 1.38. The summed E-state index contributed by atoms with van der Waals surface area (Å²) in [6.45, 7) is 10.4. The first kappa shape index (κ1) is 20.7. The van der Waals surface area contributed by atoms with Gasteiger partial charge < -0.3 is 24.4 Å². The van der Waals surface area contributed by atoms with Crippen molar-refractivity contribution >= 4 is 0 Å².